The summed E-state index contributed by atoms with van der Waals surface area (Å²) in [6, 6.07) is 16.0. The van der Waals surface area contributed by atoms with Crippen LogP contribution in [-0.2, 0) is 13.0 Å². The predicted octanol–water partition coefficient (Wildman–Crippen LogP) is 3.22. The van der Waals surface area contributed by atoms with Gasteiger partial charge in [0, 0.05) is 51.2 Å². The highest BCUT2D eigenvalue weighted by Crippen LogP contribution is 2.28. The lowest BCUT2D eigenvalue weighted by molar-refractivity contribution is 0.132. The summed E-state index contributed by atoms with van der Waals surface area (Å²) >= 11 is 0. The molecule has 126 valence electrons. The lowest BCUT2D eigenvalue weighted by Gasteiger charge is -2.36. The third-order valence-electron chi connectivity index (χ3n) is 5.59. The zero-order chi connectivity index (χ0) is 16.2. The minimum atomic E-state index is 0.731. The van der Waals surface area contributed by atoms with E-state index in [0.717, 1.165) is 18.5 Å². The first-order valence-electron chi connectivity index (χ1n) is 9.26. The normalized spacial score (nSPS) is 24.8. The highest BCUT2D eigenvalue weighted by molar-refractivity contribution is 5.15. The summed E-state index contributed by atoms with van der Waals surface area (Å²) in [4.78, 5) is 9.56. The molecule has 0 N–H and O–H groups in total. The standard InChI is InChI=1S/C21H27N3/c1-2-4-18(5-3-1)10-13-24-16-20-6-7-21(24)17-23(15-20)14-19-8-11-22-12-9-19/h1-5,8-9,11-12,20-21H,6-7,10,13-17H2/t20-,21+/m0/s1. The first kappa shape index (κ1) is 15.8. The summed E-state index contributed by atoms with van der Waals surface area (Å²) in [6.45, 7) is 6.02. The van der Waals surface area contributed by atoms with Crippen LogP contribution in [0.4, 0.5) is 0 Å². The van der Waals surface area contributed by atoms with E-state index in [2.05, 4.69) is 57.2 Å². The van der Waals surface area contributed by atoms with Gasteiger partial charge in [-0.25, -0.2) is 0 Å². The molecule has 3 fully saturated rings. The average molecular weight is 321 g/mol. The molecule has 1 aromatic carbocycles. The molecule has 5 rings (SSSR count). The number of pyridine rings is 1. The van der Waals surface area contributed by atoms with Crippen molar-refractivity contribution in [3.05, 3.63) is 66.0 Å². The quantitative estimate of drug-likeness (QED) is 0.843. The number of rotatable bonds is 5. The van der Waals surface area contributed by atoms with Crippen LogP contribution in [0.1, 0.15) is 24.0 Å². The maximum absolute atomic E-state index is 4.14. The fraction of sp³-hybridized carbons (Fsp3) is 0.476. The van der Waals surface area contributed by atoms with E-state index in [9.17, 15) is 0 Å². The van der Waals surface area contributed by atoms with Gasteiger partial charge in [0.05, 0.1) is 0 Å². The van der Waals surface area contributed by atoms with Gasteiger partial charge >= 0.3 is 0 Å². The van der Waals surface area contributed by atoms with Gasteiger partial charge in [0.2, 0.25) is 0 Å². The fourth-order valence-electron chi connectivity index (χ4n) is 4.34. The molecule has 1 aromatic heterocycles. The van der Waals surface area contributed by atoms with Crippen LogP contribution in [0.15, 0.2) is 54.9 Å². The van der Waals surface area contributed by atoms with Gasteiger partial charge in [-0.15, -0.1) is 0 Å². The molecule has 0 radical (unpaired) electrons. The van der Waals surface area contributed by atoms with Crippen LogP contribution in [0.25, 0.3) is 0 Å². The molecule has 3 aliphatic heterocycles. The predicted molar refractivity (Wildman–Crippen MR) is 97.7 cm³/mol. The minimum absolute atomic E-state index is 0.731. The van der Waals surface area contributed by atoms with E-state index in [1.807, 2.05) is 12.4 Å². The molecule has 0 aliphatic carbocycles. The average Bonchev–Trinajstić information content (AvgIpc) is 2.92. The van der Waals surface area contributed by atoms with Gasteiger partial charge < -0.3 is 0 Å². The van der Waals surface area contributed by atoms with E-state index >= 15 is 0 Å². The second-order valence-corrected chi connectivity index (χ2v) is 7.38. The van der Waals surface area contributed by atoms with Crippen molar-refractivity contribution in [2.45, 2.75) is 31.8 Å². The second kappa shape index (κ2) is 7.45. The molecule has 2 aromatic rings. The Labute approximate surface area is 145 Å². The molecule has 24 heavy (non-hydrogen) atoms. The number of benzene rings is 1. The first-order valence-corrected chi connectivity index (χ1v) is 9.26. The maximum Gasteiger partial charge on any atom is 0.0271 e. The van der Waals surface area contributed by atoms with Crippen LogP contribution < -0.4 is 0 Å². The molecule has 2 atom stereocenters. The van der Waals surface area contributed by atoms with Crippen molar-refractivity contribution in [1.82, 2.24) is 14.8 Å². The topological polar surface area (TPSA) is 19.4 Å². The summed E-state index contributed by atoms with van der Waals surface area (Å²) in [5, 5.41) is 0. The van der Waals surface area contributed by atoms with E-state index in [-0.39, 0.29) is 0 Å². The number of fused-ring (bicyclic) bond motifs is 4. The van der Waals surface area contributed by atoms with Crippen molar-refractivity contribution in [2.24, 2.45) is 5.92 Å². The van der Waals surface area contributed by atoms with Crippen molar-refractivity contribution in [3.63, 3.8) is 0 Å². The minimum Gasteiger partial charge on any atom is -0.298 e. The third kappa shape index (κ3) is 3.85. The molecule has 0 spiro atoms. The van der Waals surface area contributed by atoms with Crippen LogP contribution in [0.5, 0.6) is 0 Å². The van der Waals surface area contributed by atoms with Gasteiger partial charge in [-0.1, -0.05) is 30.3 Å². The molecule has 3 heteroatoms. The Morgan fingerprint density at radius 2 is 1.71 bits per heavy atom. The lowest BCUT2D eigenvalue weighted by atomic mass is 9.94. The highest BCUT2D eigenvalue weighted by Gasteiger charge is 2.34. The Kier molecular flexibility index (Phi) is 4.91. The van der Waals surface area contributed by atoms with E-state index in [4.69, 9.17) is 0 Å². The van der Waals surface area contributed by atoms with E-state index in [1.165, 1.54) is 56.6 Å². The summed E-state index contributed by atoms with van der Waals surface area (Å²) < 4.78 is 0. The molecule has 0 amide bonds. The Balaban J connectivity index is 1.37. The Bertz CT molecular complexity index is 628. The summed E-state index contributed by atoms with van der Waals surface area (Å²) in [5.74, 6) is 0.835. The van der Waals surface area contributed by atoms with Gasteiger partial charge in [0.1, 0.15) is 0 Å². The molecule has 4 heterocycles. The molecule has 3 aliphatic rings. The van der Waals surface area contributed by atoms with E-state index in [0.29, 0.717) is 0 Å². The van der Waals surface area contributed by atoms with Crippen molar-refractivity contribution in [3.8, 4) is 0 Å². The number of hydrogen-bond acceptors (Lipinski definition) is 3. The van der Waals surface area contributed by atoms with Crippen LogP contribution in [0.2, 0.25) is 0 Å². The third-order valence-corrected chi connectivity index (χ3v) is 5.59. The molecule has 0 unspecified atom stereocenters. The van der Waals surface area contributed by atoms with Crippen LogP contribution in [0, 0.1) is 5.92 Å². The molecular weight excluding hydrogens is 294 g/mol. The largest absolute Gasteiger partial charge is 0.298 e. The smallest absolute Gasteiger partial charge is 0.0271 e. The number of nitrogens with zero attached hydrogens (tertiary/aromatic N) is 3. The number of hydrogen-bond donors (Lipinski definition) is 0. The Hall–Kier alpha value is -1.71. The van der Waals surface area contributed by atoms with Crippen LogP contribution in [0.3, 0.4) is 0 Å². The SMILES string of the molecule is c1ccc(CCN2C[C@H]3CC[C@@H]2CN(Cc2ccncc2)C3)cc1. The lowest BCUT2D eigenvalue weighted by Crippen LogP contribution is -2.44. The van der Waals surface area contributed by atoms with E-state index in [1.54, 1.807) is 0 Å². The monoisotopic (exact) mass is 321 g/mol. The first-order chi connectivity index (χ1) is 11.9. The summed E-state index contributed by atoms with van der Waals surface area (Å²) in [5.41, 5.74) is 2.85. The molecule has 3 saturated heterocycles. The van der Waals surface area contributed by atoms with Crippen LogP contribution >= 0.6 is 0 Å². The molecule has 0 saturated carbocycles. The van der Waals surface area contributed by atoms with Gasteiger partial charge in [-0.3, -0.25) is 14.8 Å². The fourth-order valence-corrected chi connectivity index (χ4v) is 4.34. The zero-order valence-corrected chi connectivity index (χ0v) is 14.3. The zero-order valence-electron chi connectivity index (χ0n) is 14.3. The Morgan fingerprint density at radius 1 is 0.875 bits per heavy atom. The van der Waals surface area contributed by atoms with Gasteiger partial charge in [0.25, 0.3) is 0 Å². The van der Waals surface area contributed by atoms with Crippen molar-refractivity contribution in [1.29, 1.82) is 0 Å². The number of piperidine rings is 1. The van der Waals surface area contributed by atoms with Crippen molar-refractivity contribution in [2.75, 3.05) is 26.2 Å². The number of aromatic nitrogens is 1. The van der Waals surface area contributed by atoms with Gasteiger partial charge in [-0.05, 0) is 48.4 Å². The van der Waals surface area contributed by atoms with Crippen molar-refractivity contribution >= 4 is 0 Å². The Morgan fingerprint density at radius 3 is 2.54 bits per heavy atom. The van der Waals surface area contributed by atoms with Crippen LogP contribution in [-0.4, -0.2) is 47.0 Å². The van der Waals surface area contributed by atoms with Crippen molar-refractivity contribution < 1.29 is 0 Å². The molecular formula is C21H27N3. The highest BCUT2D eigenvalue weighted by atomic mass is 15.3. The van der Waals surface area contributed by atoms with E-state index < -0.39 is 0 Å². The maximum atomic E-state index is 4.14. The van der Waals surface area contributed by atoms with Gasteiger partial charge in [0.15, 0.2) is 0 Å². The second-order valence-electron chi connectivity index (χ2n) is 7.38. The van der Waals surface area contributed by atoms with Gasteiger partial charge in [-0.2, -0.15) is 0 Å². The molecule has 2 bridgehead atoms. The summed E-state index contributed by atoms with van der Waals surface area (Å²) in [6.07, 6.45) is 7.77. The molecule has 3 nitrogen and oxygen atoms in total. The summed E-state index contributed by atoms with van der Waals surface area (Å²) in [7, 11) is 0.